The molecule has 0 saturated heterocycles. The average molecular weight is 268 g/mol. The van der Waals surface area contributed by atoms with Gasteiger partial charge in [-0.15, -0.1) is 0 Å². The fourth-order valence-electron chi connectivity index (χ4n) is 2.41. The third-order valence-corrected chi connectivity index (χ3v) is 3.29. The SMILES string of the molecule is Cc1cc(-c2ccc3c(c2)CC(=O)N3)nc(CCN)n1. The predicted octanol–water partition coefficient (Wildman–Crippen LogP) is 1.45. The highest BCUT2D eigenvalue weighted by molar-refractivity contribution is 5.99. The van der Waals surface area contributed by atoms with Gasteiger partial charge in [0.1, 0.15) is 5.82 Å². The number of hydrogen-bond donors (Lipinski definition) is 2. The Morgan fingerprint density at radius 3 is 2.95 bits per heavy atom. The molecule has 1 amide bonds. The molecule has 0 fully saturated rings. The number of amides is 1. The summed E-state index contributed by atoms with van der Waals surface area (Å²) < 4.78 is 0. The molecule has 102 valence electrons. The Balaban J connectivity index is 2.01. The van der Waals surface area contributed by atoms with Crippen molar-refractivity contribution in [1.29, 1.82) is 0 Å². The van der Waals surface area contributed by atoms with Crippen LogP contribution in [0.4, 0.5) is 5.69 Å². The second-order valence-electron chi connectivity index (χ2n) is 4.95. The van der Waals surface area contributed by atoms with Gasteiger partial charge in [-0.25, -0.2) is 9.97 Å². The summed E-state index contributed by atoms with van der Waals surface area (Å²) in [7, 11) is 0. The molecular weight excluding hydrogens is 252 g/mol. The van der Waals surface area contributed by atoms with E-state index in [2.05, 4.69) is 15.3 Å². The molecule has 0 unspecified atom stereocenters. The van der Waals surface area contributed by atoms with Crippen LogP contribution in [-0.4, -0.2) is 22.4 Å². The van der Waals surface area contributed by atoms with Gasteiger partial charge in [-0.05, 0) is 37.2 Å². The molecule has 0 bridgehead atoms. The lowest BCUT2D eigenvalue weighted by molar-refractivity contribution is -0.115. The number of rotatable bonds is 3. The van der Waals surface area contributed by atoms with Crippen LogP contribution in [0.2, 0.25) is 0 Å². The summed E-state index contributed by atoms with van der Waals surface area (Å²) in [6.45, 7) is 2.48. The molecule has 2 heterocycles. The number of nitrogens with one attached hydrogen (secondary N) is 1. The molecule has 3 rings (SSSR count). The van der Waals surface area contributed by atoms with Crippen molar-refractivity contribution in [2.75, 3.05) is 11.9 Å². The highest BCUT2D eigenvalue weighted by atomic mass is 16.1. The first-order chi connectivity index (χ1) is 9.65. The van der Waals surface area contributed by atoms with Gasteiger partial charge in [0, 0.05) is 23.4 Å². The topological polar surface area (TPSA) is 80.9 Å². The Labute approximate surface area is 117 Å². The third kappa shape index (κ3) is 2.40. The molecule has 2 aromatic rings. The van der Waals surface area contributed by atoms with E-state index >= 15 is 0 Å². The maximum Gasteiger partial charge on any atom is 0.228 e. The van der Waals surface area contributed by atoms with E-state index in [1.54, 1.807) is 0 Å². The molecule has 1 aliphatic rings. The van der Waals surface area contributed by atoms with Crippen LogP contribution in [0.15, 0.2) is 24.3 Å². The first-order valence-electron chi connectivity index (χ1n) is 6.63. The smallest absolute Gasteiger partial charge is 0.228 e. The van der Waals surface area contributed by atoms with E-state index in [0.717, 1.165) is 34.0 Å². The van der Waals surface area contributed by atoms with E-state index < -0.39 is 0 Å². The summed E-state index contributed by atoms with van der Waals surface area (Å²) in [5.41, 5.74) is 10.3. The molecule has 20 heavy (non-hydrogen) atoms. The van der Waals surface area contributed by atoms with Crippen LogP contribution in [-0.2, 0) is 17.6 Å². The normalized spacial score (nSPS) is 13.2. The number of hydrogen-bond acceptors (Lipinski definition) is 4. The first kappa shape index (κ1) is 12.7. The van der Waals surface area contributed by atoms with Crippen LogP contribution in [0.25, 0.3) is 11.3 Å². The van der Waals surface area contributed by atoms with Crippen LogP contribution in [0, 0.1) is 6.92 Å². The van der Waals surface area contributed by atoms with E-state index in [1.807, 2.05) is 31.2 Å². The Morgan fingerprint density at radius 1 is 1.30 bits per heavy atom. The molecular formula is C15H16N4O. The zero-order chi connectivity index (χ0) is 14.1. The number of carbonyl (C=O) groups is 1. The number of benzene rings is 1. The van der Waals surface area contributed by atoms with E-state index in [0.29, 0.717) is 19.4 Å². The molecule has 0 aliphatic carbocycles. The fourth-order valence-corrected chi connectivity index (χ4v) is 2.41. The van der Waals surface area contributed by atoms with E-state index in [9.17, 15) is 4.79 Å². The molecule has 0 spiro atoms. The Kier molecular flexibility index (Phi) is 3.20. The minimum Gasteiger partial charge on any atom is -0.330 e. The summed E-state index contributed by atoms with van der Waals surface area (Å²) in [4.78, 5) is 20.3. The molecule has 3 N–H and O–H groups in total. The van der Waals surface area contributed by atoms with Gasteiger partial charge >= 0.3 is 0 Å². The van der Waals surface area contributed by atoms with Crippen molar-refractivity contribution >= 4 is 11.6 Å². The van der Waals surface area contributed by atoms with Gasteiger partial charge in [-0.1, -0.05) is 6.07 Å². The van der Waals surface area contributed by atoms with Crippen LogP contribution in [0.1, 0.15) is 17.1 Å². The maximum absolute atomic E-state index is 11.4. The number of carbonyl (C=O) groups excluding carboxylic acids is 1. The van der Waals surface area contributed by atoms with Gasteiger partial charge < -0.3 is 11.1 Å². The predicted molar refractivity (Wildman–Crippen MR) is 77.3 cm³/mol. The van der Waals surface area contributed by atoms with Crippen molar-refractivity contribution in [3.63, 3.8) is 0 Å². The molecule has 0 atom stereocenters. The number of nitrogens with two attached hydrogens (primary N) is 1. The van der Waals surface area contributed by atoms with Crippen molar-refractivity contribution in [3.8, 4) is 11.3 Å². The molecule has 0 saturated carbocycles. The van der Waals surface area contributed by atoms with Crippen LogP contribution >= 0.6 is 0 Å². The molecule has 1 aliphatic heterocycles. The van der Waals surface area contributed by atoms with E-state index in [4.69, 9.17) is 5.73 Å². The van der Waals surface area contributed by atoms with Crippen LogP contribution in [0.3, 0.4) is 0 Å². The number of fused-ring (bicyclic) bond motifs is 1. The summed E-state index contributed by atoms with van der Waals surface area (Å²) in [6, 6.07) is 7.86. The molecule has 5 heteroatoms. The lowest BCUT2D eigenvalue weighted by Gasteiger charge is -2.07. The Hall–Kier alpha value is -2.27. The lowest BCUT2D eigenvalue weighted by atomic mass is 10.1. The standard InChI is InChI=1S/C15H16N4O/c1-9-6-13(18-14(17-9)4-5-16)10-2-3-12-11(7-10)8-15(20)19-12/h2-3,6-7H,4-5,8,16H2,1H3,(H,19,20). The Morgan fingerprint density at radius 2 is 2.15 bits per heavy atom. The highest BCUT2D eigenvalue weighted by Crippen LogP contribution is 2.28. The minimum absolute atomic E-state index is 0.0415. The molecule has 1 aromatic carbocycles. The van der Waals surface area contributed by atoms with Crippen molar-refractivity contribution in [2.45, 2.75) is 19.8 Å². The van der Waals surface area contributed by atoms with Gasteiger partial charge in [0.25, 0.3) is 0 Å². The summed E-state index contributed by atoms with van der Waals surface area (Å²) in [5.74, 6) is 0.803. The van der Waals surface area contributed by atoms with Crippen molar-refractivity contribution in [1.82, 2.24) is 9.97 Å². The van der Waals surface area contributed by atoms with E-state index in [-0.39, 0.29) is 5.91 Å². The van der Waals surface area contributed by atoms with Crippen molar-refractivity contribution in [2.24, 2.45) is 5.73 Å². The number of nitrogens with zero attached hydrogens (tertiary/aromatic N) is 2. The highest BCUT2D eigenvalue weighted by Gasteiger charge is 2.18. The Bertz CT molecular complexity index is 682. The van der Waals surface area contributed by atoms with Gasteiger partial charge in [-0.2, -0.15) is 0 Å². The quantitative estimate of drug-likeness (QED) is 0.882. The van der Waals surface area contributed by atoms with E-state index in [1.165, 1.54) is 0 Å². The largest absolute Gasteiger partial charge is 0.330 e. The monoisotopic (exact) mass is 268 g/mol. The second-order valence-corrected chi connectivity index (χ2v) is 4.95. The zero-order valence-corrected chi connectivity index (χ0v) is 11.3. The molecule has 1 aromatic heterocycles. The summed E-state index contributed by atoms with van der Waals surface area (Å²) in [5, 5.41) is 2.83. The second kappa shape index (κ2) is 5.02. The number of aromatic nitrogens is 2. The van der Waals surface area contributed by atoms with Gasteiger partial charge in [0.15, 0.2) is 0 Å². The van der Waals surface area contributed by atoms with Crippen molar-refractivity contribution < 1.29 is 4.79 Å². The number of anilines is 1. The summed E-state index contributed by atoms with van der Waals surface area (Å²) in [6.07, 6.45) is 1.10. The maximum atomic E-state index is 11.4. The van der Waals surface area contributed by atoms with Gasteiger partial charge in [0.2, 0.25) is 5.91 Å². The van der Waals surface area contributed by atoms with Crippen LogP contribution in [0.5, 0.6) is 0 Å². The van der Waals surface area contributed by atoms with Crippen molar-refractivity contribution in [3.05, 3.63) is 41.3 Å². The molecule has 5 nitrogen and oxygen atoms in total. The molecule has 0 radical (unpaired) electrons. The zero-order valence-electron chi connectivity index (χ0n) is 11.3. The average Bonchev–Trinajstić information content (AvgIpc) is 2.77. The summed E-state index contributed by atoms with van der Waals surface area (Å²) >= 11 is 0. The van der Waals surface area contributed by atoms with Gasteiger partial charge in [0.05, 0.1) is 12.1 Å². The minimum atomic E-state index is 0.0415. The van der Waals surface area contributed by atoms with Gasteiger partial charge in [-0.3, -0.25) is 4.79 Å². The lowest BCUT2D eigenvalue weighted by Crippen LogP contribution is -2.07. The third-order valence-electron chi connectivity index (χ3n) is 3.29. The fraction of sp³-hybridized carbons (Fsp3) is 0.267. The first-order valence-corrected chi connectivity index (χ1v) is 6.63. The van der Waals surface area contributed by atoms with Crippen LogP contribution < -0.4 is 11.1 Å². The number of aryl methyl sites for hydroxylation is 1.